The van der Waals surface area contributed by atoms with Crippen molar-refractivity contribution in [2.75, 3.05) is 6.54 Å². The number of nitrogens with one attached hydrogen (secondary N) is 1. The fourth-order valence-corrected chi connectivity index (χ4v) is 1.45. The van der Waals surface area contributed by atoms with Crippen LogP contribution in [-0.2, 0) is 17.8 Å². The standard InChI is InChI=1S/C13H21N3O/c1-4-10-6-5-7-15-11(10)8-16-12(17)13(2,3)9-14/h5-7H,4,8-9,14H2,1-3H3,(H,16,17). The molecule has 1 aromatic rings. The molecule has 0 atom stereocenters. The van der Waals surface area contributed by atoms with E-state index >= 15 is 0 Å². The van der Waals surface area contributed by atoms with Gasteiger partial charge in [0.2, 0.25) is 5.91 Å². The van der Waals surface area contributed by atoms with E-state index in [9.17, 15) is 4.79 Å². The summed E-state index contributed by atoms with van der Waals surface area (Å²) in [5.74, 6) is -0.0345. The molecule has 0 spiro atoms. The second-order valence-electron chi connectivity index (χ2n) is 4.73. The molecule has 17 heavy (non-hydrogen) atoms. The molecule has 1 aromatic heterocycles. The van der Waals surface area contributed by atoms with Crippen LogP contribution in [0.1, 0.15) is 32.0 Å². The molecule has 94 valence electrons. The fraction of sp³-hybridized carbons (Fsp3) is 0.538. The van der Waals surface area contributed by atoms with Crippen molar-refractivity contribution >= 4 is 5.91 Å². The molecular formula is C13H21N3O. The van der Waals surface area contributed by atoms with Crippen LogP contribution in [0.25, 0.3) is 0 Å². The second-order valence-corrected chi connectivity index (χ2v) is 4.73. The van der Waals surface area contributed by atoms with Crippen LogP contribution in [-0.4, -0.2) is 17.4 Å². The van der Waals surface area contributed by atoms with Gasteiger partial charge in [-0.25, -0.2) is 0 Å². The molecule has 0 radical (unpaired) electrons. The largest absolute Gasteiger partial charge is 0.350 e. The Morgan fingerprint density at radius 2 is 2.24 bits per heavy atom. The molecule has 0 saturated heterocycles. The van der Waals surface area contributed by atoms with Crippen LogP contribution in [0.5, 0.6) is 0 Å². The normalized spacial score (nSPS) is 11.3. The number of hydrogen-bond donors (Lipinski definition) is 2. The Kier molecular flexibility index (Phi) is 4.63. The van der Waals surface area contributed by atoms with E-state index in [1.54, 1.807) is 6.20 Å². The van der Waals surface area contributed by atoms with Gasteiger partial charge >= 0.3 is 0 Å². The summed E-state index contributed by atoms with van der Waals surface area (Å²) in [6, 6.07) is 3.94. The second kappa shape index (κ2) is 5.77. The van der Waals surface area contributed by atoms with E-state index in [0.717, 1.165) is 12.1 Å². The van der Waals surface area contributed by atoms with Crippen molar-refractivity contribution in [1.29, 1.82) is 0 Å². The Morgan fingerprint density at radius 1 is 1.53 bits per heavy atom. The maximum absolute atomic E-state index is 11.8. The van der Waals surface area contributed by atoms with Crippen LogP contribution in [0.4, 0.5) is 0 Å². The van der Waals surface area contributed by atoms with Gasteiger partial charge in [-0.2, -0.15) is 0 Å². The van der Waals surface area contributed by atoms with Gasteiger partial charge in [-0.1, -0.05) is 13.0 Å². The number of aromatic nitrogens is 1. The number of rotatable bonds is 5. The SMILES string of the molecule is CCc1cccnc1CNC(=O)C(C)(C)CN. The maximum atomic E-state index is 11.8. The summed E-state index contributed by atoms with van der Waals surface area (Å²) in [5.41, 5.74) is 7.12. The molecule has 0 aliphatic rings. The van der Waals surface area contributed by atoms with Gasteiger partial charge in [-0.3, -0.25) is 9.78 Å². The van der Waals surface area contributed by atoms with Crippen LogP contribution in [0, 0.1) is 5.41 Å². The predicted molar refractivity (Wildman–Crippen MR) is 68.3 cm³/mol. The lowest BCUT2D eigenvalue weighted by Crippen LogP contribution is -2.41. The van der Waals surface area contributed by atoms with Gasteiger partial charge < -0.3 is 11.1 Å². The molecule has 0 saturated carbocycles. The minimum atomic E-state index is -0.527. The van der Waals surface area contributed by atoms with E-state index in [1.807, 2.05) is 26.0 Å². The Balaban J connectivity index is 2.65. The summed E-state index contributed by atoms with van der Waals surface area (Å²) in [7, 11) is 0. The number of amides is 1. The van der Waals surface area contributed by atoms with E-state index in [1.165, 1.54) is 5.56 Å². The predicted octanol–water partition coefficient (Wildman–Crippen LogP) is 1.25. The minimum absolute atomic E-state index is 0.0345. The number of nitrogens with zero attached hydrogens (tertiary/aromatic N) is 1. The van der Waals surface area contributed by atoms with E-state index in [0.29, 0.717) is 13.1 Å². The topological polar surface area (TPSA) is 68.0 Å². The number of carbonyl (C=O) groups is 1. The van der Waals surface area contributed by atoms with Crippen molar-refractivity contribution in [3.8, 4) is 0 Å². The van der Waals surface area contributed by atoms with Crippen LogP contribution in [0.2, 0.25) is 0 Å². The lowest BCUT2D eigenvalue weighted by Gasteiger charge is -2.21. The zero-order valence-corrected chi connectivity index (χ0v) is 10.8. The number of carbonyl (C=O) groups excluding carboxylic acids is 1. The third kappa shape index (κ3) is 3.53. The van der Waals surface area contributed by atoms with Gasteiger partial charge in [-0.15, -0.1) is 0 Å². The quantitative estimate of drug-likeness (QED) is 0.807. The Bertz CT molecular complexity index is 388. The molecule has 0 fully saturated rings. The maximum Gasteiger partial charge on any atom is 0.227 e. The molecule has 4 nitrogen and oxygen atoms in total. The Hall–Kier alpha value is -1.42. The highest BCUT2D eigenvalue weighted by atomic mass is 16.2. The molecule has 1 heterocycles. The summed E-state index contributed by atoms with van der Waals surface area (Å²) >= 11 is 0. The van der Waals surface area contributed by atoms with E-state index in [2.05, 4.69) is 17.2 Å². The number of nitrogens with two attached hydrogens (primary N) is 1. The van der Waals surface area contributed by atoms with Crippen molar-refractivity contribution in [2.45, 2.75) is 33.7 Å². The van der Waals surface area contributed by atoms with Gasteiger partial charge in [0.25, 0.3) is 0 Å². The molecular weight excluding hydrogens is 214 g/mol. The average Bonchev–Trinajstić information content (AvgIpc) is 2.36. The van der Waals surface area contributed by atoms with Crippen LogP contribution in [0.3, 0.4) is 0 Å². The molecule has 0 unspecified atom stereocenters. The van der Waals surface area contributed by atoms with Gasteiger partial charge in [0.15, 0.2) is 0 Å². The van der Waals surface area contributed by atoms with Gasteiger partial charge in [0.05, 0.1) is 17.7 Å². The van der Waals surface area contributed by atoms with Gasteiger partial charge in [0.1, 0.15) is 0 Å². The molecule has 0 aliphatic carbocycles. The van der Waals surface area contributed by atoms with Gasteiger partial charge in [0, 0.05) is 12.7 Å². The lowest BCUT2D eigenvalue weighted by atomic mass is 9.92. The molecule has 0 aromatic carbocycles. The molecule has 0 aliphatic heterocycles. The zero-order valence-electron chi connectivity index (χ0n) is 10.8. The summed E-state index contributed by atoms with van der Waals surface area (Å²) in [6.07, 6.45) is 2.66. The number of hydrogen-bond acceptors (Lipinski definition) is 3. The highest BCUT2D eigenvalue weighted by Gasteiger charge is 2.25. The van der Waals surface area contributed by atoms with Crippen molar-refractivity contribution in [2.24, 2.45) is 11.1 Å². The van der Waals surface area contributed by atoms with Crippen molar-refractivity contribution in [3.05, 3.63) is 29.6 Å². The number of aryl methyl sites for hydroxylation is 1. The molecule has 1 rings (SSSR count). The van der Waals surface area contributed by atoms with E-state index < -0.39 is 5.41 Å². The molecule has 0 bridgehead atoms. The van der Waals surface area contributed by atoms with Crippen LogP contribution in [0.15, 0.2) is 18.3 Å². The summed E-state index contributed by atoms with van der Waals surface area (Å²) in [4.78, 5) is 16.1. The summed E-state index contributed by atoms with van der Waals surface area (Å²) in [6.45, 7) is 6.54. The van der Waals surface area contributed by atoms with E-state index in [4.69, 9.17) is 5.73 Å². The Labute approximate surface area is 103 Å². The van der Waals surface area contributed by atoms with Gasteiger partial charge in [-0.05, 0) is 31.9 Å². The fourth-order valence-electron chi connectivity index (χ4n) is 1.45. The zero-order chi connectivity index (χ0) is 12.9. The Morgan fingerprint density at radius 3 is 2.82 bits per heavy atom. The first-order valence-electron chi connectivity index (χ1n) is 5.92. The first-order chi connectivity index (χ1) is 8.01. The molecule has 1 amide bonds. The molecule has 4 heteroatoms. The monoisotopic (exact) mass is 235 g/mol. The third-order valence-electron chi connectivity index (χ3n) is 2.91. The lowest BCUT2D eigenvalue weighted by molar-refractivity contribution is -0.129. The smallest absolute Gasteiger partial charge is 0.227 e. The van der Waals surface area contributed by atoms with Crippen LogP contribution >= 0.6 is 0 Å². The summed E-state index contributed by atoms with van der Waals surface area (Å²) < 4.78 is 0. The first kappa shape index (κ1) is 13.6. The highest BCUT2D eigenvalue weighted by Crippen LogP contribution is 2.13. The average molecular weight is 235 g/mol. The van der Waals surface area contributed by atoms with Crippen molar-refractivity contribution in [1.82, 2.24) is 10.3 Å². The highest BCUT2D eigenvalue weighted by molar-refractivity contribution is 5.81. The minimum Gasteiger partial charge on any atom is -0.350 e. The third-order valence-corrected chi connectivity index (χ3v) is 2.91. The first-order valence-corrected chi connectivity index (χ1v) is 5.92. The van der Waals surface area contributed by atoms with Crippen molar-refractivity contribution < 1.29 is 4.79 Å². The molecule has 3 N–H and O–H groups in total. The van der Waals surface area contributed by atoms with E-state index in [-0.39, 0.29) is 5.91 Å². The summed E-state index contributed by atoms with van der Waals surface area (Å²) in [5, 5.41) is 2.88. The van der Waals surface area contributed by atoms with Crippen molar-refractivity contribution in [3.63, 3.8) is 0 Å². The number of pyridine rings is 1. The van der Waals surface area contributed by atoms with Crippen LogP contribution < -0.4 is 11.1 Å².